The molecule has 0 aliphatic rings. The Morgan fingerprint density at radius 1 is 0.750 bits per heavy atom. The van der Waals surface area contributed by atoms with Gasteiger partial charge in [0.1, 0.15) is 0 Å². The van der Waals surface area contributed by atoms with Crippen LogP contribution < -0.4 is 5.30 Å². The normalized spacial score (nSPS) is 11.5. The second-order valence-corrected chi connectivity index (χ2v) is 11.6. The molecule has 0 unspecified atom stereocenters. The van der Waals surface area contributed by atoms with Gasteiger partial charge in [-0.15, -0.1) is 0 Å². The minimum absolute atomic E-state index is 0.282. The third-order valence-corrected chi connectivity index (χ3v) is 7.13. The summed E-state index contributed by atoms with van der Waals surface area (Å²) in [7, 11) is -0.282. The molecule has 2 heteroatoms. The van der Waals surface area contributed by atoms with Gasteiger partial charge in [-0.1, -0.05) is 104 Å². The van der Waals surface area contributed by atoms with Gasteiger partial charge in [-0.25, -0.2) is 0 Å². The van der Waals surface area contributed by atoms with Crippen molar-refractivity contribution in [1.29, 1.82) is 5.26 Å². The van der Waals surface area contributed by atoms with Crippen molar-refractivity contribution in [2.24, 2.45) is 0 Å². The van der Waals surface area contributed by atoms with E-state index in [1.54, 1.807) is 6.07 Å². The van der Waals surface area contributed by atoms with E-state index in [1.807, 2.05) is 0 Å². The first-order valence-corrected chi connectivity index (χ1v) is 9.72. The SMILES string of the molecule is CC#N.CC(C)(C)P(c1ccccc1-c1ccccc1)C(C)(C)C. The van der Waals surface area contributed by atoms with E-state index in [-0.39, 0.29) is 7.92 Å². The van der Waals surface area contributed by atoms with Crippen molar-refractivity contribution in [3.8, 4) is 17.2 Å². The van der Waals surface area contributed by atoms with Crippen molar-refractivity contribution >= 4 is 13.2 Å². The first-order valence-electron chi connectivity index (χ1n) is 8.38. The Hall–Kier alpha value is -1.64. The van der Waals surface area contributed by atoms with Gasteiger partial charge in [-0.2, -0.15) is 5.26 Å². The van der Waals surface area contributed by atoms with Crippen molar-refractivity contribution in [3.63, 3.8) is 0 Å². The number of hydrogen-bond donors (Lipinski definition) is 0. The van der Waals surface area contributed by atoms with Crippen molar-refractivity contribution in [2.75, 3.05) is 0 Å². The maximum atomic E-state index is 7.32. The van der Waals surface area contributed by atoms with E-state index in [2.05, 4.69) is 96.1 Å². The van der Waals surface area contributed by atoms with E-state index in [0.29, 0.717) is 10.3 Å². The van der Waals surface area contributed by atoms with Crippen LogP contribution >= 0.6 is 7.92 Å². The topological polar surface area (TPSA) is 23.8 Å². The predicted molar refractivity (Wildman–Crippen MR) is 109 cm³/mol. The summed E-state index contributed by atoms with van der Waals surface area (Å²) >= 11 is 0. The van der Waals surface area contributed by atoms with Gasteiger partial charge >= 0.3 is 0 Å². The fourth-order valence-electron chi connectivity index (χ4n) is 3.26. The van der Waals surface area contributed by atoms with E-state index < -0.39 is 0 Å². The van der Waals surface area contributed by atoms with Crippen molar-refractivity contribution in [1.82, 2.24) is 0 Å². The zero-order chi connectivity index (χ0) is 18.4. The standard InChI is InChI=1S/C20H27P.C2H3N/c1-19(2,3)21(20(4,5)6)18-15-11-10-14-17(18)16-12-8-7-9-13-16;1-2-3/h7-15H,1-6H3;1H3. The van der Waals surface area contributed by atoms with Crippen LogP contribution in [0.3, 0.4) is 0 Å². The number of nitrogens with zero attached hydrogens (tertiary/aromatic N) is 1. The Labute approximate surface area is 149 Å². The summed E-state index contributed by atoms with van der Waals surface area (Å²) in [4.78, 5) is 0. The van der Waals surface area contributed by atoms with Crippen molar-refractivity contribution in [2.45, 2.75) is 58.8 Å². The van der Waals surface area contributed by atoms with E-state index in [9.17, 15) is 0 Å². The molecule has 128 valence electrons. The molecule has 0 radical (unpaired) electrons. The van der Waals surface area contributed by atoms with Gasteiger partial charge in [0.05, 0.1) is 6.07 Å². The third-order valence-electron chi connectivity index (χ3n) is 3.57. The van der Waals surface area contributed by atoms with Crippen LogP contribution in [0, 0.1) is 11.3 Å². The maximum absolute atomic E-state index is 7.32. The Morgan fingerprint density at radius 2 is 1.17 bits per heavy atom. The number of rotatable bonds is 2. The number of nitriles is 1. The van der Waals surface area contributed by atoms with Gasteiger partial charge in [0.2, 0.25) is 0 Å². The van der Waals surface area contributed by atoms with Gasteiger partial charge in [-0.3, -0.25) is 0 Å². The highest BCUT2D eigenvalue weighted by atomic mass is 31.1. The third kappa shape index (κ3) is 5.47. The predicted octanol–water partition coefficient (Wildman–Crippen LogP) is 6.59. The monoisotopic (exact) mass is 339 g/mol. The minimum Gasteiger partial charge on any atom is -0.199 e. The minimum atomic E-state index is -0.282. The van der Waals surface area contributed by atoms with E-state index in [4.69, 9.17) is 5.26 Å². The maximum Gasteiger partial charge on any atom is 0.0587 e. The molecular formula is C22H30NP. The molecule has 2 rings (SSSR count). The summed E-state index contributed by atoms with van der Waals surface area (Å²) in [5, 5.41) is 9.43. The smallest absolute Gasteiger partial charge is 0.0587 e. The lowest BCUT2D eigenvalue weighted by molar-refractivity contribution is 0.715. The van der Waals surface area contributed by atoms with Crippen molar-refractivity contribution in [3.05, 3.63) is 54.6 Å². The average Bonchev–Trinajstić information content (AvgIpc) is 2.46. The second-order valence-electron chi connectivity index (χ2n) is 7.78. The van der Waals surface area contributed by atoms with Crippen LogP contribution in [-0.4, -0.2) is 10.3 Å². The van der Waals surface area contributed by atoms with E-state index in [0.717, 1.165) is 0 Å². The van der Waals surface area contributed by atoms with Gasteiger partial charge < -0.3 is 0 Å². The molecule has 2 aromatic carbocycles. The van der Waals surface area contributed by atoms with Crippen LogP contribution in [0.25, 0.3) is 11.1 Å². The van der Waals surface area contributed by atoms with Crippen LogP contribution in [0.4, 0.5) is 0 Å². The molecule has 24 heavy (non-hydrogen) atoms. The summed E-state index contributed by atoms with van der Waals surface area (Å²) in [6.07, 6.45) is 0. The first kappa shape index (κ1) is 20.4. The molecule has 0 bridgehead atoms. The summed E-state index contributed by atoms with van der Waals surface area (Å²) in [5.74, 6) is 0. The lowest BCUT2D eigenvalue weighted by atomic mass is 10.1. The molecule has 0 spiro atoms. The largest absolute Gasteiger partial charge is 0.199 e. The summed E-state index contributed by atoms with van der Waals surface area (Å²) in [6.45, 7) is 15.7. The molecule has 2 aromatic rings. The summed E-state index contributed by atoms with van der Waals surface area (Å²) in [5.41, 5.74) is 2.73. The Bertz CT molecular complexity index is 656. The summed E-state index contributed by atoms with van der Waals surface area (Å²) in [6, 6.07) is 21.5. The molecule has 0 saturated heterocycles. The Morgan fingerprint density at radius 3 is 1.62 bits per heavy atom. The molecule has 0 N–H and O–H groups in total. The van der Waals surface area contributed by atoms with E-state index in [1.165, 1.54) is 23.4 Å². The molecule has 0 amide bonds. The fraction of sp³-hybridized carbons (Fsp3) is 0.409. The highest BCUT2D eigenvalue weighted by Crippen LogP contribution is 2.59. The molecular weight excluding hydrogens is 309 g/mol. The summed E-state index contributed by atoms with van der Waals surface area (Å²) < 4.78 is 0. The zero-order valence-corrected chi connectivity index (χ0v) is 17.0. The van der Waals surface area contributed by atoms with Crippen LogP contribution in [-0.2, 0) is 0 Å². The Kier molecular flexibility index (Phi) is 7.19. The molecule has 0 atom stereocenters. The highest BCUT2D eigenvalue weighted by Gasteiger charge is 2.36. The van der Waals surface area contributed by atoms with Gasteiger partial charge in [0, 0.05) is 6.92 Å². The van der Waals surface area contributed by atoms with Crippen LogP contribution in [0.1, 0.15) is 48.5 Å². The lowest BCUT2D eigenvalue weighted by Crippen LogP contribution is -2.31. The van der Waals surface area contributed by atoms with Crippen LogP contribution in [0.15, 0.2) is 54.6 Å². The van der Waals surface area contributed by atoms with E-state index >= 15 is 0 Å². The van der Waals surface area contributed by atoms with Crippen LogP contribution in [0.2, 0.25) is 0 Å². The molecule has 0 heterocycles. The zero-order valence-electron chi connectivity index (χ0n) is 16.1. The molecule has 0 fully saturated rings. The number of hydrogen-bond acceptors (Lipinski definition) is 1. The molecule has 0 aliphatic heterocycles. The molecule has 0 aromatic heterocycles. The van der Waals surface area contributed by atoms with Gasteiger partial charge in [-0.05, 0) is 26.7 Å². The average molecular weight is 339 g/mol. The lowest BCUT2D eigenvalue weighted by Gasteiger charge is -2.42. The second kappa shape index (κ2) is 8.46. The number of benzene rings is 2. The highest BCUT2D eigenvalue weighted by molar-refractivity contribution is 7.68. The Balaban J connectivity index is 0.000000891. The van der Waals surface area contributed by atoms with Gasteiger partial charge in [0.15, 0.2) is 0 Å². The molecule has 1 nitrogen and oxygen atoms in total. The molecule has 0 aliphatic carbocycles. The molecule has 0 saturated carbocycles. The quantitative estimate of drug-likeness (QED) is 0.566. The van der Waals surface area contributed by atoms with Crippen molar-refractivity contribution < 1.29 is 0 Å². The first-order chi connectivity index (χ1) is 11.1. The van der Waals surface area contributed by atoms with Gasteiger partial charge in [0.25, 0.3) is 0 Å². The fourth-order valence-corrected chi connectivity index (χ4v) is 7.40. The van der Waals surface area contributed by atoms with Crippen LogP contribution in [0.5, 0.6) is 0 Å².